The molecule has 0 atom stereocenters. The van der Waals surface area contributed by atoms with Crippen LogP contribution in [0.3, 0.4) is 0 Å². The van der Waals surface area contributed by atoms with Crippen molar-refractivity contribution in [2.45, 2.75) is 24.3 Å². The van der Waals surface area contributed by atoms with Crippen LogP contribution in [-0.2, 0) is 24.3 Å². The van der Waals surface area contributed by atoms with Crippen LogP contribution >= 0.6 is 15.9 Å². The number of benzene rings is 1. The minimum absolute atomic E-state index is 0.0724. The van der Waals surface area contributed by atoms with Gasteiger partial charge >= 0.3 is 5.97 Å². The molecule has 1 aromatic carbocycles. The quantitative estimate of drug-likeness (QED) is 0.714. The molecule has 0 saturated heterocycles. The van der Waals surface area contributed by atoms with Gasteiger partial charge in [-0.3, -0.25) is 4.79 Å². The summed E-state index contributed by atoms with van der Waals surface area (Å²) in [6, 6.07) is 6.07. The Labute approximate surface area is 144 Å². The van der Waals surface area contributed by atoms with E-state index in [-0.39, 0.29) is 4.90 Å². The van der Waals surface area contributed by atoms with Gasteiger partial charge in [-0.2, -0.15) is 4.31 Å². The third-order valence-corrected chi connectivity index (χ3v) is 5.38. The number of rotatable bonds is 6. The lowest BCUT2D eigenvalue weighted by molar-refractivity contribution is -0.149. The normalized spacial score (nSPS) is 12.1. The van der Waals surface area contributed by atoms with Crippen molar-refractivity contribution in [1.82, 2.24) is 9.62 Å². The fraction of sp³-hybridized carbons (Fsp3) is 0.429. The number of hydrogen-bond acceptors (Lipinski definition) is 5. The van der Waals surface area contributed by atoms with E-state index in [0.717, 1.165) is 8.78 Å². The Kier molecular flexibility index (Phi) is 6.32. The van der Waals surface area contributed by atoms with Gasteiger partial charge in [0.05, 0.1) is 18.6 Å². The Morgan fingerprint density at radius 3 is 2.26 bits per heavy atom. The van der Waals surface area contributed by atoms with Crippen LogP contribution in [0.25, 0.3) is 0 Å². The molecule has 0 radical (unpaired) electrons. The average molecular weight is 407 g/mol. The summed E-state index contributed by atoms with van der Waals surface area (Å²) in [5.74, 6) is -1.23. The zero-order valence-corrected chi connectivity index (χ0v) is 15.7. The number of likely N-dealkylation sites (N-methyl/N-ethyl adjacent to an activating group) is 1. The second-order valence-corrected chi connectivity index (χ2v) is 8.34. The highest BCUT2D eigenvalue weighted by Crippen LogP contribution is 2.17. The third-order valence-electron chi connectivity index (χ3n) is 3.04. The molecule has 1 amide bonds. The Bertz CT molecular complexity index is 686. The van der Waals surface area contributed by atoms with Crippen LogP contribution in [0.1, 0.15) is 13.8 Å². The SMILES string of the molecule is COC(=O)C(C)(C)NC(=O)CN(C)S(=O)(=O)c1ccc(Br)cc1. The fourth-order valence-electron chi connectivity index (χ4n) is 1.77. The molecule has 23 heavy (non-hydrogen) atoms. The number of ether oxygens (including phenoxy) is 1. The number of sulfonamides is 1. The maximum absolute atomic E-state index is 12.4. The van der Waals surface area contributed by atoms with Gasteiger partial charge in [-0.05, 0) is 38.1 Å². The Morgan fingerprint density at radius 2 is 1.78 bits per heavy atom. The minimum Gasteiger partial charge on any atom is -0.467 e. The molecule has 0 bridgehead atoms. The van der Waals surface area contributed by atoms with Crippen LogP contribution in [0.15, 0.2) is 33.6 Å². The number of halogens is 1. The second-order valence-electron chi connectivity index (χ2n) is 5.38. The highest BCUT2D eigenvalue weighted by atomic mass is 79.9. The smallest absolute Gasteiger partial charge is 0.330 e. The van der Waals surface area contributed by atoms with E-state index < -0.39 is 34.0 Å². The van der Waals surface area contributed by atoms with E-state index in [1.165, 1.54) is 40.1 Å². The average Bonchev–Trinajstić information content (AvgIpc) is 2.45. The number of esters is 1. The second kappa shape index (κ2) is 7.41. The number of nitrogens with zero attached hydrogens (tertiary/aromatic N) is 1. The van der Waals surface area contributed by atoms with Gasteiger partial charge in [-0.25, -0.2) is 13.2 Å². The number of nitrogens with one attached hydrogen (secondary N) is 1. The van der Waals surface area contributed by atoms with E-state index in [9.17, 15) is 18.0 Å². The molecule has 1 N–H and O–H groups in total. The van der Waals surface area contributed by atoms with Crippen molar-refractivity contribution in [3.05, 3.63) is 28.7 Å². The topological polar surface area (TPSA) is 92.8 Å². The third kappa shape index (κ3) is 5.02. The molecular formula is C14H19BrN2O5S. The van der Waals surface area contributed by atoms with Gasteiger partial charge in [0, 0.05) is 11.5 Å². The highest BCUT2D eigenvalue weighted by molar-refractivity contribution is 9.10. The Balaban J connectivity index is 2.82. The van der Waals surface area contributed by atoms with Crippen molar-refractivity contribution in [3.63, 3.8) is 0 Å². The van der Waals surface area contributed by atoms with Crippen molar-refractivity contribution in [2.75, 3.05) is 20.7 Å². The van der Waals surface area contributed by atoms with E-state index in [1.54, 1.807) is 12.1 Å². The van der Waals surface area contributed by atoms with Gasteiger partial charge in [-0.15, -0.1) is 0 Å². The molecule has 0 aliphatic heterocycles. The predicted octanol–water partition coefficient (Wildman–Crippen LogP) is 1.14. The van der Waals surface area contributed by atoms with Gasteiger partial charge in [0.2, 0.25) is 15.9 Å². The minimum atomic E-state index is -3.80. The molecule has 0 aliphatic carbocycles. The van der Waals surface area contributed by atoms with Crippen LogP contribution in [0.4, 0.5) is 0 Å². The van der Waals surface area contributed by atoms with Gasteiger partial charge < -0.3 is 10.1 Å². The van der Waals surface area contributed by atoms with Crippen molar-refractivity contribution in [2.24, 2.45) is 0 Å². The first-order chi connectivity index (χ1) is 10.5. The molecule has 0 saturated carbocycles. The zero-order chi connectivity index (χ0) is 17.8. The zero-order valence-electron chi connectivity index (χ0n) is 13.3. The lowest BCUT2D eigenvalue weighted by Crippen LogP contribution is -2.53. The first kappa shape index (κ1) is 19.6. The lowest BCUT2D eigenvalue weighted by Gasteiger charge is -2.24. The summed E-state index contributed by atoms with van der Waals surface area (Å²) in [6.45, 7) is 2.53. The van der Waals surface area contributed by atoms with Crippen LogP contribution in [0, 0.1) is 0 Å². The number of amides is 1. The number of methoxy groups -OCH3 is 1. The molecule has 7 nitrogen and oxygen atoms in total. The first-order valence-electron chi connectivity index (χ1n) is 6.62. The monoisotopic (exact) mass is 406 g/mol. The van der Waals surface area contributed by atoms with Crippen LogP contribution in [0.5, 0.6) is 0 Å². The van der Waals surface area contributed by atoms with Crippen molar-refractivity contribution in [1.29, 1.82) is 0 Å². The maximum atomic E-state index is 12.4. The highest BCUT2D eigenvalue weighted by Gasteiger charge is 2.32. The largest absolute Gasteiger partial charge is 0.467 e. The summed E-state index contributed by atoms with van der Waals surface area (Å²) >= 11 is 3.23. The molecule has 1 rings (SSSR count). The number of carbonyl (C=O) groups excluding carboxylic acids is 2. The fourth-order valence-corrected chi connectivity index (χ4v) is 3.16. The molecule has 0 aliphatic rings. The summed E-state index contributed by atoms with van der Waals surface area (Å²) in [5.41, 5.74) is -1.24. The molecule has 9 heteroatoms. The summed E-state index contributed by atoms with van der Waals surface area (Å²) in [7, 11) is -1.29. The van der Waals surface area contributed by atoms with E-state index in [0.29, 0.717) is 0 Å². The van der Waals surface area contributed by atoms with E-state index in [2.05, 4.69) is 26.0 Å². The molecule has 0 heterocycles. The molecule has 0 spiro atoms. The van der Waals surface area contributed by atoms with Gasteiger partial charge in [0.25, 0.3) is 0 Å². The van der Waals surface area contributed by atoms with Gasteiger partial charge in [0.1, 0.15) is 5.54 Å². The number of carbonyl (C=O) groups is 2. The molecule has 1 aromatic rings. The van der Waals surface area contributed by atoms with E-state index >= 15 is 0 Å². The van der Waals surface area contributed by atoms with Gasteiger partial charge in [-0.1, -0.05) is 15.9 Å². The van der Waals surface area contributed by atoms with Crippen LogP contribution < -0.4 is 5.32 Å². The van der Waals surface area contributed by atoms with Crippen molar-refractivity contribution in [3.8, 4) is 0 Å². The first-order valence-corrected chi connectivity index (χ1v) is 8.85. The summed E-state index contributed by atoms with van der Waals surface area (Å²) in [4.78, 5) is 23.6. The van der Waals surface area contributed by atoms with Crippen molar-refractivity contribution >= 4 is 37.8 Å². The molecule has 0 fully saturated rings. The van der Waals surface area contributed by atoms with Gasteiger partial charge in [0.15, 0.2) is 0 Å². The van der Waals surface area contributed by atoms with Crippen LogP contribution in [-0.4, -0.2) is 50.8 Å². The summed E-state index contributed by atoms with van der Waals surface area (Å²) < 4.78 is 31.0. The maximum Gasteiger partial charge on any atom is 0.330 e. The molecule has 0 aromatic heterocycles. The standard InChI is InChI=1S/C14H19BrN2O5S/c1-14(2,13(19)22-4)16-12(18)9-17(3)23(20,21)11-7-5-10(15)6-8-11/h5-8H,9H2,1-4H3,(H,16,18). The summed E-state index contributed by atoms with van der Waals surface area (Å²) in [5, 5.41) is 2.44. The predicted molar refractivity (Wildman–Crippen MR) is 88.2 cm³/mol. The van der Waals surface area contributed by atoms with E-state index in [4.69, 9.17) is 0 Å². The Hall–Kier alpha value is -1.45. The Morgan fingerprint density at radius 1 is 1.26 bits per heavy atom. The molecular weight excluding hydrogens is 388 g/mol. The summed E-state index contributed by atoms with van der Waals surface area (Å²) in [6.07, 6.45) is 0. The molecule has 0 unspecified atom stereocenters. The van der Waals surface area contributed by atoms with Crippen LogP contribution in [0.2, 0.25) is 0 Å². The van der Waals surface area contributed by atoms with Crippen molar-refractivity contribution < 1.29 is 22.7 Å². The lowest BCUT2D eigenvalue weighted by atomic mass is 10.1. The number of hydrogen-bond donors (Lipinski definition) is 1. The molecule has 128 valence electrons. The van der Waals surface area contributed by atoms with E-state index in [1.807, 2.05) is 0 Å².